The smallest absolute Gasteiger partial charge is 0.346 e. The van der Waals surface area contributed by atoms with Crippen molar-refractivity contribution >= 4 is 8.69 Å². The molecule has 0 rings (SSSR count). The van der Waals surface area contributed by atoms with E-state index >= 15 is 0 Å². The topological polar surface area (TPSA) is 58.6 Å². The lowest BCUT2D eigenvalue weighted by Gasteiger charge is -1.90. The molecule has 7 heavy (non-hydrogen) atoms. The zero-order valence-corrected chi connectivity index (χ0v) is 4.52. The fourth-order valence-electron chi connectivity index (χ4n) is 0.118. The summed E-state index contributed by atoms with van der Waals surface area (Å²) in [5, 5.41) is 8.05. The van der Waals surface area contributed by atoms with Gasteiger partial charge in [0.25, 0.3) is 0 Å². The summed E-state index contributed by atoms with van der Waals surface area (Å²) in [6.45, 7) is 0.282. The molecule has 42 valence electrons. The minimum Gasteiger partial charge on any atom is -0.395 e. The maximum atomic E-state index is 9.41. The van der Waals surface area contributed by atoms with Crippen molar-refractivity contribution in [3.05, 3.63) is 0 Å². The predicted molar refractivity (Wildman–Crippen MR) is 23.8 cm³/mol. The van der Waals surface area contributed by atoms with E-state index in [0.717, 1.165) is 0 Å². The molecule has 0 aromatic heterocycles. The molecule has 0 aliphatic rings. The Bertz CT molecular complexity index is 50.2. The Morgan fingerprint density at radius 3 is 3.00 bits per heavy atom. The van der Waals surface area contributed by atoms with Crippen molar-refractivity contribution in [2.24, 2.45) is 0 Å². The molecule has 0 heterocycles. The van der Waals surface area contributed by atoms with Crippen molar-refractivity contribution in [2.75, 3.05) is 13.2 Å². The third-order valence-corrected chi connectivity index (χ3v) is 0.519. The Hall–Kier alpha value is -0.0200. The molecular formula is C2H6NO3P. The van der Waals surface area contributed by atoms with Gasteiger partial charge in [0.15, 0.2) is 0 Å². The Balaban J connectivity index is 2.56. The van der Waals surface area contributed by atoms with Gasteiger partial charge in [0.1, 0.15) is 0 Å². The number of nitrogens with one attached hydrogen (secondary N) is 1. The van der Waals surface area contributed by atoms with Crippen molar-refractivity contribution in [1.29, 1.82) is 0 Å². The van der Waals surface area contributed by atoms with Crippen molar-refractivity contribution < 1.29 is 14.3 Å². The molecule has 0 unspecified atom stereocenters. The van der Waals surface area contributed by atoms with Gasteiger partial charge in [0, 0.05) is 6.54 Å². The summed E-state index contributed by atoms with van der Waals surface area (Å²) in [4.78, 5) is 0. The molecule has 0 aliphatic carbocycles. The molecule has 0 bridgehead atoms. The number of hydrogen-bond acceptors (Lipinski definition) is 4. The molecule has 0 amide bonds. The van der Waals surface area contributed by atoms with Gasteiger partial charge in [-0.15, -0.1) is 0 Å². The standard InChI is InChI=1S/C2H6NO3P/c4-2-1-3-6-7-5/h3-4H,1-2H2. The second-order valence-electron chi connectivity index (χ2n) is 0.784. The molecule has 0 saturated heterocycles. The molecule has 0 spiro atoms. The number of aliphatic hydroxyl groups is 1. The van der Waals surface area contributed by atoms with E-state index in [1.54, 1.807) is 0 Å². The van der Waals surface area contributed by atoms with Crippen LogP contribution in [0, 0.1) is 0 Å². The molecular weight excluding hydrogens is 117 g/mol. The van der Waals surface area contributed by atoms with Gasteiger partial charge >= 0.3 is 8.69 Å². The van der Waals surface area contributed by atoms with Crippen LogP contribution < -0.4 is 5.48 Å². The monoisotopic (exact) mass is 123 g/mol. The Labute approximate surface area is 42.7 Å². The third-order valence-electron chi connectivity index (χ3n) is 0.316. The van der Waals surface area contributed by atoms with Crippen LogP contribution in [0.1, 0.15) is 0 Å². The van der Waals surface area contributed by atoms with Crippen LogP contribution in [0.2, 0.25) is 0 Å². The molecule has 4 nitrogen and oxygen atoms in total. The van der Waals surface area contributed by atoms with Crippen LogP contribution in [-0.2, 0) is 9.19 Å². The maximum Gasteiger partial charge on any atom is 0.346 e. The van der Waals surface area contributed by atoms with Crippen molar-refractivity contribution in [3.8, 4) is 0 Å². The van der Waals surface area contributed by atoms with Gasteiger partial charge in [0.2, 0.25) is 0 Å². The quantitative estimate of drug-likeness (QED) is 0.306. The molecule has 0 radical (unpaired) electrons. The van der Waals surface area contributed by atoms with Crippen LogP contribution in [0.3, 0.4) is 0 Å². The lowest BCUT2D eigenvalue weighted by Crippen LogP contribution is -2.13. The Morgan fingerprint density at radius 2 is 2.57 bits per heavy atom. The van der Waals surface area contributed by atoms with E-state index in [4.69, 9.17) is 5.11 Å². The van der Waals surface area contributed by atoms with Crippen LogP contribution in [0.5, 0.6) is 0 Å². The summed E-state index contributed by atoms with van der Waals surface area (Å²) >= 11 is 0. The molecule has 0 aromatic carbocycles. The fourth-order valence-corrected chi connectivity index (χ4v) is 0.262. The van der Waals surface area contributed by atoms with E-state index in [9.17, 15) is 4.57 Å². The average Bonchev–Trinajstić information content (AvgIpc) is 1.69. The number of rotatable bonds is 4. The largest absolute Gasteiger partial charge is 0.395 e. The van der Waals surface area contributed by atoms with Gasteiger partial charge in [-0.3, -0.25) is 0 Å². The lowest BCUT2D eigenvalue weighted by molar-refractivity contribution is 0.180. The molecule has 0 fully saturated rings. The summed E-state index contributed by atoms with van der Waals surface area (Å²) in [5.41, 5.74) is 2.21. The van der Waals surface area contributed by atoms with Gasteiger partial charge in [-0.25, -0.2) is 9.19 Å². The van der Waals surface area contributed by atoms with E-state index in [1.165, 1.54) is 0 Å². The highest BCUT2D eigenvalue weighted by Gasteiger charge is 1.78. The summed E-state index contributed by atoms with van der Waals surface area (Å²) in [6, 6.07) is 0. The SMILES string of the molecule is O=PONCCO. The summed E-state index contributed by atoms with van der Waals surface area (Å²) in [7, 11) is -0.418. The Kier molecular flexibility index (Phi) is 5.96. The molecule has 0 aliphatic heterocycles. The minimum atomic E-state index is -0.418. The van der Waals surface area contributed by atoms with Gasteiger partial charge in [-0.2, -0.15) is 5.48 Å². The highest BCUT2D eigenvalue weighted by molar-refractivity contribution is 7.17. The molecule has 0 aromatic rings. The second kappa shape index (κ2) is 5.98. The summed E-state index contributed by atoms with van der Waals surface area (Å²) in [5.74, 6) is 0. The Morgan fingerprint density at radius 1 is 1.86 bits per heavy atom. The van der Waals surface area contributed by atoms with E-state index in [-0.39, 0.29) is 6.61 Å². The highest BCUT2D eigenvalue weighted by atomic mass is 31.1. The zero-order valence-electron chi connectivity index (χ0n) is 3.63. The van der Waals surface area contributed by atoms with E-state index in [1.807, 2.05) is 0 Å². The minimum absolute atomic E-state index is 0.0183. The normalized spacial score (nSPS) is 9.86. The molecule has 2 N–H and O–H groups in total. The molecule has 0 atom stereocenters. The average molecular weight is 123 g/mol. The first-order chi connectivity index (χ1) is 3.41. The van der Waals surface area contributed by atoms with Crippen LogP contribution in [0.25, 0.3) is 0 Å². The van der Waals surface area contributed by atoms with Crippen molar-refractivity contribution in [2.45, 2.75) is 0 Å². The number of hydroxylamine groups is 1. The highest BCUT2D eigenvalue weighted by Crippen LogP contribution is 1.85. The van der Waals surface area contributed by atoms with E-state index in [2.05, 4.69) is 10.1 Å². The summed E-state index contributed by atoms with van der Waals surface area (Å²) in [6.07, 6.45) is 0. The third kappa shape index (κ3) is 5.98. The van der Waals surface area contributed by atoms with Crippen molar-refractivity contribution in [3.63, 3.8) is 0 Å². The van der Waals surface area contributed by atoms with Gasteiger partial charge in [0.05, 0.1) is 6.61 Å². The lowest BCUT2D eigenvalue weighted by atomic mass is 10.8. The van der Waals surface area contributed by atoms with E-state index < -0.39 is 8.69 Å². The summed E-state index contributed by atoms with van der Waals surface area (Å²) < 4.78 is 13.5. The first-order valence-electron chi connectivity index (χ1n) is 1.74. The van der Waals surface area contributed by atoms with Gasteiger partial charge in [-0.1, -0.05) is 0 Å². The van der Waals surface area contributed by atoms with Crippen LogP contribution >= 0.6 is 8.69 Å². The number of hydrogen-bond donors (Lipinski definition) is 2. The van der Waals surface area contributed by atoms with Crippen LogP contribution in [-0.4, -0.2) is 18.3 Å². The van der Waals surface area contributed by atoms with Gasteiger partial charge < -0.3 is 5.11 Å². The predicted octanol–water partition coefficient (Wildman–Crippen LogP) is -0.293. The fraction of sp³-hybridized carbons (Fsp3) is 1.00. The molecule has 0 saturated carbocycles. The number of aliphatic hydroxyl groups excluding tert-OH is 1. The van der Waals surface area contributed by atoms with Crippen LogP contribution in [0.15, 0.2) is 0 Å². The van der Waals surface area contributed by atoms with E-state index in [0.29, 0.717) is 6.54 Å². The van der Waals surface area contributed by atoms with Crippen LogP contribution in [0.4, 0.5) is 0 Å². The molecule has 5 heteroatoms. The first-order valence-corrected chi connectivity index (χ1v) is 2.47. The van der Waals surface area contributed by atoms with Gasteiger partial charge in [-0.05, 0) is 0 Å². The van der Waals surface area contributed by atoms with Crippen molar-refractivity contribution in [1.82, 2.24) is 5.48 Å². The zero-order chi connectivity index (χ0) is 5.54. The maximum absolute atomic E-state index is 9.41. The second-order valence-corrected chi connectivity index (χ2v) is 1.12. The first kappa shape index (κ1) is 6.98.